The highest BCUT2D eigenvalue weighted by Crippen LogP contribution is 2.33. The smallest absolute Gasteiger partial charge is 0.179 e. The zero-order chi connectivity index (χ0) is 13.0. The molecule has 0 unspecified atom stereocenters. The summed E-state index contributed by atoms with van der Waals surface area (Å²) in [5.41, 5.74) is 0.926. The van der Waals surface area contributed by atoms with Gasteiger partial charge in [0, 0.05) is 11.4 Å². The second-order valence-electron chi connectivity index (χ2n) is 3.47. The van der Waals surface area contributed by atoms with Gasteiger partial charge in [-0.2, -0.15) is 0 Å². The number of aromatic nitrogens is 2. The van der Waals surface area contributed by atoms with Crippen molar-refractivity contribution >= 4 is 34.9 Å². The van der Waals surface area contributed by atoms with Gasteiger partial charge in [-0.15, -0.1) is 10.2 Å². The van der Waals surface area contributed by atoms with Crippen molar-refractivity contribution < 1.29 is 4.39 Å². The Hall–Kier alpha value is -0.630. The summed E-state index contributed by atoms with van der Waals surface area (Å²) in [6, 6.07) is 5.02. The number of rotatable bonds is 5. The maximum atomic E-state index is 13.4. The summed E-state index contributed by atoms with van der Waals surface area (Å²) in [6.45, 7) is 0.650. The van der Waals surface area contributed by atoms with Crippen LogP contribution >= 0.6 is 34.9 Å². The topological polar surface area (TPSA) is 37.8 Å². The van der Waals surface area contributed by atoms with Gasteiger partial charge in [0.25, 0.3) is 0 Å². The molecule has 96 valence electrons. The highest BCUT2D eigenvalue weighted by atomic mass is 32.2. The van der Waals surface area contributed by atoms with E-state index in [1.165, 1.54) is 35.2 Å². The molecule has 0 atom stereocenters. The van der Waals surface area contributed by atoms with Gasteiger partial charge in [-0.1, -0.05) is 34.9 Å². The Balaban J connectivity index is 2.17. The molecule has 0 radical (unpaired) electrons. The fourth-order valence-corrected chi connectivity index (χ4v) is 3.93. The van der Waals surface area contributed by atoms with Crippen LogP contribution in [-0.2, 0) is 6.54 Å². The average molecular weight is 301 g/mol. The van der Waals surface area contributed by atoms with Gasteiger partial charge in [0.15, 0.2) is 8.68 Å². The third kappa shape index (κ3) is 3.68. The molecule has 2 rings (SSSR count). The SMILES string of the molecule is CNCc1cc(F)cc(Sc2nnc(SC)s2)c1. The van der Waals surface area contributed by atoms with E-state index >= 15 is 0 Å². The predicted octanol–water partition coefficient (Wildman–Crippen LogP) is 3.27. The lowest BCUT2D eigenvalue weighted by molar-refractivity contribution is 0.619. The molecule has 0 saturated carbocycles. The van der Waals surface area contributed by atoms with E-state index in [-0.39, 0.29) is 5.82 Å². The highest BCUT2D eigenvalue weighted by molar-refractivity contribution is 8.03. The Morgan fingerprint density at radius 2 is 2.06 bits per heavy atom. The quantitative estimate of drug-likeness (QED) is 0.858. The van der Waals surface area contributed by atoms with Crippen LogP contribution in [0.1, 0.15) is 5.56 Å². The molecule has 0 fully saturated rings. The Morgan fingerprint density at radius 3 is 2.72 bits per heavy atom. The average Bonchev–Trinajstić information content (AvgIpc) is 2.76. The van der Waals surface area contributed by atoms with Crippen LogP contribution in [0.25, 0.3) is 0 Å². The zero-order valence-corrected chi connectivity index (χ0v) is 12.4. The molecule has 1 aromatic carbocycles. The maximum absolute atomic E-state index is 13.4. The molecule has 2 aromatic rings. The molecule has 18 heavy (non-hydrogen) atoms. The number of halogens is 1. The Kier molecular flexibility index (Phi) is 4.99. The number of nitrogens with one attached hydrogen (secondary N) is 1. The van der Waals surface area contributed by atoms with Crippen LogP contribution < -0.4 is 5.32 Å². The van der Waals surface area contributed by atoms with Crippen molar-refractivity contribution in [2.24, 2.45) is 0 Å². The third-order valence-corrected chi connectivity index (χ3v) is 5.00. The van der Waals surface area contributed by atoms with Crippen molar-refractivity contribution in [1.29, 1.82) is 0 Å². The van der Waals surface area contributed by atoms with Crippen molar-refractivity contribution in [1.82, 2.24) is 15.5 Å². The Bertz CT molecular complexity index is 530. The van der Waals surface area contributed by atoms with Crippen LogP contribution in [0.5, 0.6) is 0 Å². The van der Waals surface area contributed by atoms with Crippen LogP contribution in [0.4, 0.5) is 4.39 Å². The predicted molar refractivity (Wildman–Crippen MR) is 75.0 cm³/mol. The van der Waals surface area contributed by atoms with Crippen LogP contribution in [0.15, 0.2) is 31.8 Å². The number of thioether (sulfide) groups is 1. The van der Waals surface area contributed by atoms with E-state index in [0.29, 0.717) is 6.54 Å². The molecule has 3 nitrogen and oxygen atoms in total. The van der Waals surface area contributed by atoms with Gasteiger partial charge in [0.05, 0.1) is 0 Å². The maximum Gasteiger partial charge on any atom is 0.179 e. The summed E-state index contributed by atoms with van der Waals surface area (Å²) >= 11 is 4.52. The van der Waals surface area contributed by atoms with Gasteiger partial charge in [-0.3, -0.25) is 0 Å². The number of hydrogen-bond acceptors (Lipinski definition) is 6. The monoisotopic (exact) mass is 301 g/mol. The molecular formula is C11H12FN3S3. The van der Waals surface area contributed by atoms with Gasteiger partial charge >= 0.3 is 0 Å². The molecule has 1 aromatic heterocycles. The number of benzene rings is 1. The minimum absolute atomic E-state index is 0.222. The number of hydrogen-bond donors (Lipinski definition) is 1. The van der Waals surface area contributed by atoms with Crippen molar-refractivity contribution in [3.8, 4) is 0 Å². The van der Waals surface area contributed by atoms with Crippen LogP contribution in [0.2, 0.25) is 0 Å². The van der Waals surface area contributed by atoms with E-state index in [0.717, 1.165) is 19.1 Å². The van der Waals surface area contributed by atoms with Crippen molar-refractivity contribution in [2.45, 2.75) is 20.1 Å². The molecule has 0 spiro atoms. The minimum atomic E-state index is -0.222. The van der Waals surface area contributed by atoms with E-state index in [9.17, 15) is 4.39 Å². The molecule has 7 heteroatoms. The van der Waals surface area contributed by atoms with Gasteiger partial charge in [-0.05, 0) is 37.1 Å². The molecule has 0 aliphatic rings. The van der Waals surface area contributed by atoms with Gasteiger partial charge in [-0.25, -0.2) is 4.39 Å². The van der Waals surface area contributed by atoms with Gasteiger partial charge in [0.1, 0.15) is 5.82 Å². The van der Waals surface area contributed by atoms with E-state index in [4.69, 9.17) is 0 Å². The fraction of sp³-hybridized carbons (Fsp3) is 0.273. The largest absolute Gasteiger partial charge is 0.316 e. The summed E-state index contributed by atoms with van der Waals surface area (Å²) in [5, 5.41) is 11.1. The Labute approximate surface area is 118 Å². The molecule has 0 saturated heterocycles. The molecular weight excluding hydrogens is 289 g/mol. The molecule has 0 aliphatic heterocycles. The second-order valence-corrected chi connectivity index (χ2v) is 6.82. The van der Waals surface area contributed by atoms with Crippen molar-refractivity contribution in [3.63, 3.8) is 0 Å². The number of nitrogens with zero attached hydrogens (tertiary/aromatic N) is 2. The van der Waals surface area contributed by atoms with E-state index < -0.39 is 0 Å². The molecule has 1 N–H and O–H groups in total. The first-order valence-electron chi connectivity index (χ1n) is 5.20. The molecule has 0 aliphatic carbocycles. The summed E-state index contributed by atoms with van der Waals surface area (Å²) in [6.07, 6.45) is 1.96. The van der Waals surface area contributed by atoms with Gasteiger partial charge < -0.3 is 5.32 Å². The molecule has 0 bridgehead atoms. The minimum Gasteiger partial charge on any atom is -0.316 e. The van der Waals surface area contributed by atoms with E-state index in [1.807, 2.05) is 19.4 Å². The molecule has 1 heterocycles. The van der Waals surface area contributed by atoms with Crippen LogP contribution in [-0.4, -0.2) is 23.5 Å². The molecule has 0 amide bonds. The zero-order valence-electron chi connectivity index (χ0n) is 9.94. The first-order valence-corrected chi connectivity index (χ1v) is 8.06. The van der Waals surface area contributed by atoms with Crippen LogP contribution in [0, 0.1) is 5.82 Å². The second kappa shape index (κ2) is 6.51. The lowest BCUT2D eigenvalue weighted by Gasteiger charge is -2.03. The lowest BCUT2D eigenvalue weighted by Crippen LogP contribution is -2.05. The van der Waals surface area contributed by atoms with Crippen molar-refractivity contribution in [3.05, 3.63) is 29.6 Å². The summed E-state index contributed by atoms with van der Waals surface area (Å²) < 4.78 is 15.2. The normalized spacial score (nSPS) is 10.8. The lowest BCUT2D eigenvalue weighted by atomic mass is 10.2. The third-order valence-electron chi connectivity index (χ3n) is 2.08. The highest BCUT2D eigenvalue weighted by Gasteiger charge is 2.07. The van der Waals surface area contributed by atoms with E-state index in [1.54, 1.807) is 11.8 Å². The van der Waals surface area contributed by atoms with Gasteiger partial charge in [0.2, 0.25) is 0 Å². The first kappa shape index (κ1) is 13.8. The summed E-state index contributed by atoms with van der Waals surface area (Å²) in [4.78, 5) is 0.851. The van der Waals surface area contributed by atoms with Crippen molar-refractivity contribution in [2.75, 3.05) is 13.3 Å². The summed E-state index contributed by atoms with van der Waals surface area (Å²) in [5.74, 6) is -0.222. The standard InChI is InChI=1S/C11H12FN3S3/c1-13-6-7-3-8(12)5-9(4-7)17-11-15-14-10(16-2)18-11/h3-5,13H,6H2,1-2H3. The Morgan fingerprint density at radius 1 is 1.28 bits per heavy atom. The first-order chi connectivity index (χ1) is 8.71. The van der Waals surface area contributed by atoms with E-state index in [2.05, 4.69) is 15.5 Å². The van der Waals surface area contributed by atoms with Crippen LogP contribution in [0.3, 0.4) is 0 Å². The summed E-state index contributed by atoms with van der Waals surface area (Å²) in [7, 11) is 1.84. The fourth-order valence-electron chi connectivity index (χ4n) is 1.41.